The van der Waals surface area contributed by atoms with Gasteiger partial charge in [0.2, 0.25) is 0 Å². The third-order valence-corrected chi connectivity index (χ3v) is 2.82. The van der Waals surface area contributed by atoms with Gasteiger partial charge in [-0.05, 0) is 12.3 Å². The van der Waals surface area contributed by atoms with Crippen LogP contribution in [0.3, 0.4) is 0 Å². The van der Waals surface area contributed by atoms with Gasteiger partial charge < -0.3 is 9.88 Å². The van der Waals surface area contributed by atoms with Gasteiger partial charge in [-0.1, -0.05) is 13.8 Å². The third kappa shape index (κ3) is 4.15. The van der Waals surface area contributed by atoms with E-state index in [-0.39, 0.29) is 0 Å². The Bertz CT molecular complexity index is 247. The average molecular weight is 213 g/mol. The number of rotatable bonds is 7. The molecule has 0 aliphatic heterocycles. The molecule has 0 aromatic carbocycles. The van der Waals surface area contributed by atoms with Crippen molar-refractivity contribution in [3.8, 4) is 0 Å². The molecule has 1 heterocycles. The van der Waals surface area contributed by atoms with Crippen molar-refractivity contribution >= 4 is 11.8 Å². The molecule has 14 heavy (non-hydrogen) atoms. The zero-order valence-corrected chi connectivity index (χ0v) is 9.81. The predicted molar refractivity (Wildman–Crippen MR) is 62.6 cm³/mol. The highest BCUT2D eigenvalue weighted by Crippen LogP contribution is 2.01. The van der Waals surface area contributed by atoms with E-state index in [1.54, 1.807) is 0 Å². The SMILES string of the molecule is CCNCc1cn(CCSCC)cn1. The molecule has 4 heteroatoms. The second-order valence-corrected chi connectivity index (χ2v) is 4.47. The Kier molecular flexibility index (Phi) is 5.71. The first-order valence-electron chi connectivity index (χ1n) is 5.16. The van der Waals surface area contributed by atoms with Gasteiger partial charge >= 0.3 is 0 Å². The largest absolute Gasteiger partial charge is 0.336 e. The van der Waals surface area contributed by atoms with E-state index >= 15 is 0 Å². The lowest BCUT2D eigenvalue weighted by atomic mass is 10.4. The summed E-state index contributed by atoms with van der Waals surface area (Å²) in [7, 11) is 0. The molecule has 1 aromatic heterocycles. The number of imidazole rings is 1. The van der Waals surface area contributed by atoms with E-state index in [4.69, 9.17) is 0 Å². The maximum Gasteiger partial charge on any atom is 0.0950 e. The van der Waals surface area contributed by atoms with Gasteiger partial charge in [0.1, 0.15) is 0 Å². The molecule has 0 saturated heterocycles. The van der Waals surface area contributed by atoms with Crippen LogP contribution in [-0.2, 0) is 13.1 Å². The lowest BCUT2D eigenvalue weighted by Crippen LogP contribution is -2.11. The fraction of sp³-hybridized carbons (Fsp3) is 0.700. The second kappa shape index (κ2) is 6.90. The first kappa shape index (κ1) is 11.6. The fourth-order valence-electron chi connectivity index (χ4n) is 1.19. The molecule has 0 bridgehead atoms. The summed E-state index contributed by atoms with van der Waals surface area (Å²) in [6.45, 7) is 7.24. The minimum atomic E-state index is 0.879. The maximum atomic E-state index is 4.32. The Morgan fingerprint density at radius 3 is 3.07 bits per heavy atom. The summed E-state index contributed by atoms with van der Waals surface area (Å²) in [4.78, 5) is 4.32. The van der Waals surface area contributed by atoms with Gasteiger partial charge in [-0.15, -0.1) is 0 Å². The summed E-state index contributed by atoms with van der Waals surface area (Å²) >= 11 is 1.97. The predicted octanol–water partition coefficient (Wildman–Crippen LogP) is 1.75. The Labute approximate surface area is 90.3 Å². The standard InChI is InChI=1S/C10H19N3S/c1-3-11-7-10-8-13(9-12-10)5-6-14-4-2/h8-9,11H,3-7H2,1-2H3. The summed E-state index contributed by atoms with van der Waals surface area (Å²) < 4.78 is 2.16. The maximum absolute atomic E-state index is 4.32. The van der Waals surface area contributed by atoms with Crippen molar-refractivity contribution < 1.29 is 0 Å². The minimum Gasteiger partial charge on any atom is -0.336 e. The van der Waals surface area contributed by atoms with E-state index in [9.17, 15) is 0 Å². The van der Waals surface area contributed by atoms with E-state index in [0.717, 1.165) is 25.3 Å². The molecule has 0 spiro atoms. The normalized spacial score (nSPS) is 10.7. The average Bonchev–Trinajstić information content (AvgIpc) is 2.63. The molecule has 80 valence electrons. The molecule has 0 aliphatic rings. The quantitative estimate of drug-likeness (QED) is 0.700. The molecule has 0 amide bonds. The molecule has 0 radical (unpaired) electrons. The number of aryl methyl sites for hydroxylation is 1. The summed E-state index contributed by atoms with van der Waals surface area (Å²) in [5, 5.41) is 3.26. The second-order valence-electron chi connectivity index (χ2n) is 3.08. The van der Waals surface area contributed by atoms with Gasteiger partial charge in [-0.2, -0.15) is 11.8 Å². The zero-order chi connectivity index (χ0) is 10.2. The zero-order valence-electron chi connectivity index (χ0n) is 8.99. The van der Waals surface area contributed by atoms with Crippen LogP contribution < -0.4 is 5.32 Å². The first-order chi connectivity index (χ1) is 6.86. The molecule has 0 unspecified atom stereocenters. The molecule has 1 N–H and O–H groups in total. The molecule has 1 aromatic rings. The van der Waals surface area contributed by atoms with Crippen LogP contribution in [0.25, 0.3) is 0 Å². The highest BCUT2D eigenvalue weighted by molar-refractivity contribution is 7.99. The Balaban J connectivity index is 2.27. The van der Waals surface area contributed by atoms with Crippen LogP contribution in [0, 0.1) is 0 Å². The molecule has 0 saturated carbocycles. The Hall–Kier alpha value is -0.480. The van der Waals surface area contributed by atoms with Crippen molar-refractivity contribution in [2.24, 2.45) is 0 Å². The van der Waals surface area contributed by atoms with Gasteiger partial charge in [0.05, 0.1) is 12.0 Å². The topological polar surface area (TPSA) is 29.9 Å². The van der Waals surface area contributed by atoms with Crippen molar-refractivity contribution in [2.45, 2.75) is 26.9 Å². The van der Waals surface area contributed by atoms with Gasteiger partial charge in [-0.25, -0.2) is 4.98 Å². The number of hydrogen-bond donors (Lipinski definition) is 1. The lowest BCUT2D eigenvalue weighted by Gasteiger charge is -1.99. The van der Waals surface area contributed by atoms with Crippen LogP contribution in [-0.4, -0.2) is 27.6 Å². The van der Waals surface area contributed by atoms with E-state index in [2.05, 4.69) is 34.9 Å². The van der Waals surface area contributed by atoms with Gasteiger partial charge in [0, 0.05) is 25.0 Å². The number of hydrogen-bond acceptors (Lipinski definition) is 3. The van der Waals surface area contributed by atoms with Crippen LogP contribution in [0.4, 0.5) is 0 Å². The van der Waals surface area contributed by atoms with E-state index in [1.165, 1.54) is 11.5 Å². The molecular formula is C10H19N3S. The summed E-state index contributed by atoms with van der Waals surface area (Å²) in [5.74, 6) is 2.37. The summed E-state index contributed by atoms with van der Waals surface area (Å²) in [6.07, 6.45) is 4.04. The van der Waals surface area contributed by atoms with Crippen molar-refractivity contribution in [1.29, 1.82) is 0 Å². The van der Waals surface area contributed by atoms with E-state index < -0.39 is 0 Å². The molecule has 0 atom stereocenters. The number of nitrogens with one attached hydrogen (secondary N) is 1. The summed E-state index contributed by atoms with van der Waals surface area (Å²) in [5.41, 5.74) is 1.13. The molecular weight excluding hydrogens is 194 g/mol. The van der Waals surface area contributed by atoms with Crippen molar-refractivity contribution in [1.82, 2.24) is 14.9 Å². The highest BCUT2D eigenvalue weighted by atomic mass is 32.2. The number of aromatic nitrogens is 2. The van der Waals surface area contributed by atoms with E-state index in [1.807, 2.05) is 18.1 Å². The lowest BCUT2D eigenvalue weighted by molar-refractivity contribution is 0.711. The summed E-state index contributed by atoms with van der Waals surface area (Å²) in [6, 6.07) is 0. The van der Waals surface area contributed by atoms with Crippen LogP contribution in [0.15, 0.2) is 12.5 Å². The van der Waals surface area contributed by atoms with Gasteiger partial charge in [0.15, 0.2) is 0 Å². The van der Waals surface area contributed by atoms with Gasteiger partial charge in [0.25, 0.3) is 0 Å². The van der Waals surface area contributed by atoms with Crippen molar-refractivity contribution in [3.05, 3.63) is 18.2 Å². The van der Waals surface area contributed by atoms with Gasteiger partial charge in [-0.3, -0.25) is 0 Å². The van der Waals surface area contributed by atoms with Crippen LogP contribution >= 0.6 is 11.8 Å². The van der Waals surface area contributed by atoms with Crippen molar-refractivity contribution in [3.63, 3.8) is 0 Å². The van der Waals surface area contributed by atoms with Crippen molar-refractivity contribution in [2.75, 3.05) is 18.1 Å². The fourth-order valence-corrected chi connectivity index (χ4v) is 1.82. The third-order valence-electron chi connectivity index (χ3n) is 1.94. The first-order valence-corrected chi connectivity index (χ1v) is 6.31. The van der Waals surface area contributed by atoms with E-state index in [0.29, 0.717) is 0 Å². The highest BCUT2D eigenvalue weighted by Gasteiger charge is 1.97. The Morgan fingerprint density at radius 1 is 1.50 bits per heavy atom. The molecule has 1 rings (SSSR count). The molecule has 0 fully saturated rings. The number of nitrogens with zero attached hydrogens (tertiary/aromatic N) is 2. The Morgan fingerprint density at radius 2 is 2.36 bits per heavy atom. The molecule has 3 nitrogen and oxygen atoms in total. The van der Waals surface area contributed by atoms with Crippen LogP contribution in [0.1, 0.15) is 19.5 Å². The monoisotopic (exact) mass is 213 g/mol. The minimum absolute atomic E-state index is 0.879. The number of thioether (sulfide) groups is 1. The van der Waals surface area contributed by atoms with Crippen LogP contribution in [0.2, 0.25) is 0 Å². The van der Waals surface area contributed by atoms with Crippen LogP contribution in [0.5, 0.6) is 0 Å². The molecule has 0 aliphatic carbocycles. The smallest absolute Gasteiger partial charge is 0.0950 e.